The largest absolute Gasteiger partial charge is 0.493 e. The Morgan fingerprint density at radius 3 is 2.88 bits per heavy atom. The van der Waals surface area contributed by atoms with E-state index < -0.39 is 6.09 Å². The summed E-state index contributed by atoms with van der Waals surface area (Å²) in [5.41, 5.74) is 3.02. The molecule has 2 aliphatic heterocycles. The molecule has 6 rings (SSSR count). The van der Waals surface area contributed by atoms with E-state index in [-0.39, 0.29) is 17.6 Å². The highest BCUT2D eigenvalue weighted by atomic mass is 16.6. The number of methoxy groups -OCH3 is 1. The molecule has 1 aliphatic carbocycles. The van der Waals surface area contributed by atoms with Crippen LogP contribution in [0.25, 0.3) is 10.8 Å². The topological polar surface area (TPSA) is 60.0 Å². The molecule has 1 spiro atoms. The summed E-state index contributed by atoms with van der Waals surface area (Å²) in [5, 5.41) is 4.98. The van der Waals surface area contributed by atoms with E-state index in [0.717, 1.165) is 47.5 Å². The predicted molar refractivity (Wildman–Crippen MR) is 132 cm³/mol. The average molecular weight is 457 g/mol. The molecule has 0 aromatic heterocycles. The quantitative estimate of drug-likeness (QED) is 0.545. The Hall–Kier alpha value is -3.51. The SMILES string of the molecule is COc1ccc2c3c1O[C@H]1C[C@H](OC(=O)Nc4cccc5ccccc45)C=C[C@@]31CCN(C)C2. The van der Waals surface area contributed by atoms with Crippen LogP contribution in [0.1, 0.15) is 24.0 Å². The molecule has 174 valence electrons. The first kappa shape index (κ1) is 21.1. The van der Waals surface area contributed by atoms with Gasteiger partial charge in [-0.15, -0.1) is 0 Å². The minimum atomic E-state index is -0.462. The van der Waals surface area contributed by atoms with Gasteiger partial charge in [0.1, 0.15) is 12.2 Å². The molecule has 0 fully saturated rings. The second-order valence-electron chi connectivity index (χ2n) is 9.46. The Morgan fingerprint density at radius 1 is 1.15 bits per heavy atom. The number of nitrogens with zero attached hydrogens (tertiary/aromatic N) is 1. The van der Waals surface area contributed by atoms with Crippen molar-refractivity contribution in [2.75, 3.05) is 26.0 Å². The van der Waals surface area contributed by atoms with Crippen molar-refractivity contribution >= 4 is 22.6 Å². The molecule has 0 radical (unpaired) electrons. The normalized spacial score (nSPS) is 25.1. The Bertz CT molecular complexity index is 1300. The number of carbonyl (C=O) groups excluding carboxylic acids is 1. The first-order valence-corrected chi connectivity index (χ1v) is 11.8. The van der Waals surface area contributed by atoms with Crippen molar-refractivity contribution in [3.63, 3.8) is 0 Å². The van der Waals surface area contributed by atoms with Crippen LogP contribution >= 0.6 is 0 Å². The van der Waals surface area contributed by atoms with E-state index in [2.05, 4.69) is 29.4 Å². The molecule has 34 heavy (non-hydrogen) atoms. The first-order valence-electron chi connectivity index (χ1n) is 11.8. The van der Waals surface area contributed by atoms with E-state index in [1.54, 1.807) is 7.11 Å². The van der Waals surface area contributed by atoms with Crippen LogP contribution in [0.2, 0.25) is 0 Å². The molecule has 3 aromatic rings. The fourth-order valence-corrected chi connectivity index (χ4v) is 5.76. The monoisotopic (exact) mass is 456 g/mol. The molecule has 3 aromatic carbocycles. The third-order valence-corrected chi connectivity index (χ3v) is 7.41. The maximum absolute atomic E-state index is 12.8. The van der Waals surface area contributed by atoms with Gasteiger partial charge >= 0.3 is 6.09 Å². The number of rotatable bonds is 3. The van der Waals surface area contributed by atoms with Gasteiger partial charge in [-0.25, -0.2) is 4.79 Å². The van der Waals surface area contributed by atoms with Crippen molar-refractivity contribution < 1.29 is 19.0 Å². The molecular weight excluding hydrogens is 428 g/mol. The number of nitrogens with one attached hydrogen (secondary N) is 1. The van der Waals surface area contributed by atoms with Crippen LogP contribution < -0.4 is 14.8 Å². The predicted octanol–water partition coefficient (Wildman–Crippen LogP) is 5.26. The van der Waals surface area contributed by atoms with Gasteiger partial charge < -0.3 is 19.1 Å². The van der Waals surface area contributed by atoms with Crippen LogP contribution in [0.5, 0.6) is 11.5 Å². The van der Waals surface area contributed by atoms with Crippen LogP contribution in [0.3, 0.4) is 0 Å². The van der Waals surface area contributed by atoms with Gasteiger partial charge in [0, 0.05) is 23.9 Å². The summed E-state index contributed by atoms with van der Waals surface area (Å²) in [6.07, 6.45) is 4.86. The maximum atomic E-state index is 12.8. The summed E-state index contributed by atoms with van der Waals surface area (Å²) >= 11 is 0. The summed E-state index contributed by atoms with van der Waals surface area (Å²) < 4.78 is 18.0. The lowest BCUT2D eigenvalue weighted by Crippen LogP contribution is -2.44. The minimum absolute atomic E-state index is 0.107. The van der Waals surface area contributed by atoms with Crippen molar-refractivity contribution in [2.24, 2.45) is 0 Å². The van der Waals surface area contributed by atoms with Gasteiger partial charge in [0.25, 0.3) is 0 Å². The number of ether oxygens (including phenoxy) is 3. The summed E-state index contributed by atoms with van der Waals surface area (Å²) in [7, 11) is 3.83. The van der Waals surface area contributed by atoms with Crippen molar-refractivity contribution in [1.29, 1.82) is 0 Å². The van der Waals surface area contributed by atoms with Crippen LogP contribution in [0.4, 0.5) is 10.5 Å². The molecule has 2 heterocycles. The number of carbonyl (C=O) groups is 1. The minimum Gasteiger partial charge on any atom is -0.493 e. The van der Waals surface area contributed by atoms with Crippen LogP contribution in [0, 0.1) is 0 Å². The zero-order chi connectivity index (χ0) is 23.3. The number of amides is 1. The Labute approximate surface area is 199 Å². The Morgan fingerprint density at radius 2 is 2.00 bits per heavy atom. The van der Waals surface area contributed by atoms with E-state index in [1.807, 2.05) is 54.6 Å². The van der Waals surface area contributed by atoms with Gasteiger partial charge in [0.05, 0.1) is 18.2 Å². The molecule has 1 N–H and O–H groups in total. The van der Waals surface area contributed by atoms with E-state index in [4.69, 9.17) is 14.2 Å². The highest BCUT2D eigenvalue weighted by Gasteiger charge is 2.53. The lowest BCUT2D eigenvalue weighted by Gasteiger charge is -2.36. The molecule has 0 saturated heterocycles. The van der Waals surface area contributed by atoms with Gasteiger partial charge in [-0.1, -0.05) is 48.5 Å². The molecular formula is C28H28N2O4. The number of anilines is 1. The summed E-state index contributed by atoms with van der Waals surface area (Å²) in [6, 6.07) is 18.0. The highest BCUT2D eigenvalue weighted by molar-refractivity contribution is 6.00. The van der Waals surface area contributed by atoms with Crippen LogP contribution in [-0.4, -0.2) is 43.9 Å². The number of fused-ring (bicyclic) bond motifs is 1. The van der Waals surface area contributed by atoms with Gasteiger partial charge in [-0.05, 0) is 49.2 Å². The maximum Gasteiger partial charge on any atom is 0.412 e. The highest BCUT2D eigenvalue weighted by Crippen LogP contribution is 2.55. The molecule has 0 saturated carbocycles. The molecule has 0 bridgehead atoms. The summed E-state index contributed by atoms with van der Waals surface area (Å²) in [4.78, 5) is 15.2. The van der Waals surface area contributed by atoms with E-state index in [9.17, 15) is 4.79 Å². The standard InChI is InChI=1S/C28H28N2O4/c1-30-15-14-28-13-12-20(16-24(28)34-26-23(32-2)11-10-19(17-30)25(26)28)33-27(31)29-22-9-5-7-18-6-3-4-8-21(18)22/h3-13,20,24H,14-17H2,1-2H3,(H,29,31)/t20-,24+,28+/m1/s1. The summed E-state index contributed by atoms with van der Waals surface area (Å²) in [6.45, 7) is 1.85. The molecule has 0 unspecified atom stereocenters. The fourth-order valence-electron chi connectivity index (χ4n) is 5.76. The zero-order valence-corrected chi connectivity index (χ0v) is 19.4. The zero-order valence-electron chi connectivity index (χ0n) is 19.4. The van der Waals surface area contributed by atoms with Crippen LogP contribution in [0.15, 0.2) is 66.7 Å². The van der Waals surface area contributed by atoms with Crippen molar-refractivity contribution in [3.05, 3.63) is 77.9 Å². The van der Waals surface area contributed by atoms with E-state index >= 15 is 0 Å². The Balaban J connectivity index is 1.25. The second-order valence-corrected chi connectivity index (χ2v) is 9.46. The molecule has 6 heteroatoms. The number of benzene rings is 3. The van der Waals surface area contributed by atoms with Crippen molar-refractivity contribution in [2.45, 2.75) is 37.0 Å². The van der Waals surface area contributed by atoms with Gasteiger partial charge in [0.2, 0.25) is 0 Å². The number of hydrogen-bond donors (Lipinski definition) is 1. The smallest absolute Gasteiger partial charge is 0.412 e. The molecule has 6 nitrogen and oxygen atoms in total. The Kier molecular flexibility index (Phi) is 4.99. The van der Waals surface area contributed by atoms with Crippen molar-refractivity contribution in [1.82, 2.24) is 4.90 Å². The van der Waals surface area contributed by atoms with Gasteiger partial charge in [-0.3, -0.25) is 5.32 Å². The van der Waals surface area contributed by atoms with Gasteiger partial charge in [-0.2, -0.15) is 0 Å². The number of hydrogen-bond acceptors (Lipinski definition) is 5. The second kappa shape index (κ2) is 8.06. The lowest BCUT2D eigenvalue weighted by molar-refractivity contribution is 0.0667. The molecule has 3 aliphatic rings. The average Bonchev–Trinajstić information content (AvgIpc) is 3.10. The van der Waals surface area contributed by atoms with Crippen molar-refractivity contribution in [3.8, 4) is 11.5 Å². The first-order chi connectivity index (χ1) is 16.6. The van der Waals surface area contributed by atoms with E-state index in [0.29, 0.717) is 6.42 Å². The molecule has 3 atom stereocenters. The lowest BCUT2D eigenvalue weighted by atomic mass is 9.69. The third-order valence-electron chi connectivity index (χ3n) is 7.41. The van der Waals surface area contributed by atoms with E-state index in [1.165, 1.54) is 11.1 Å². The molecule has 1 amide bonds. The third kappa shape index (κ3) is 3.32. The summed E-state index contributed by atoms with van der Waals surface area (Å²) in [5.74, 6) is 1.60. The van der Waals surface area contributed by atoms with Crippen LogP contribution in [-0.2, 0) is 16.7 Å². The fraction of sp³-hybridized carbons (Fsp3) is 0.321. The van der Waals surface area contributed by atoms with Gasteiger partial charge in [0.15, 0.2) is 11.5 Å².